The zero-order valence-electron chi connectivity index (χ0n) is 32.8. The third kappa shape index (κ3) is 8.55. The normalized spacial score (nSPS) is 15.0. The molecule has 4 amide bonds. The Bertz CT molecular complexity index is 2930. The lowest BCUT2D eigenvalue weighted by Gasteiger charge is -2.29. The summed E-state index contributed by atoms with van der Waals surface area (Å²) in [6.07, 6.45) is 5.44. The molecule has 18 nitrogen and oxygen atoms in total. The number of hydrogen-bond donors (Lipinski definition) is 3. The highest BCUT2D eigenvalue weighted by Crippen LogP contribution is 2.33. The number of fused-ring (bicyclic) bond motifs is 2. The van der Waals surface area contributed by atoms with Gasteiger partial charge in [0.2, 0.25) is 23.7 Å². The highest BCUT2D eigenvalue weighted by molar-refractivity contribution is 6.34. The number of unbranched alkanes of at least 4 members (excludes halogenated alkanes) is 2. The molecule has 1 atom stereocenters. The van der Waals surface area contributed by atoms with E-state index in [0.717, 1.165) is 9.13 Å². The average Bonchev–Trinajstić information content (AvgIpc) is 3.92. The molecule has 0 bridgehead atoms. The highest BCUT2D eigenvalue weighted by Gasteiger charge is 2.40. The standard InChI is InChI=1S/C40H36ClF3N12O6/c1-52-16-23-13-31(25(41)14-30(23)50-52)46-38-48-39(61)56(40(62)55(38)18-22-12-27(43)28(44)15-26(22)42)20-24-19-53(51-49-24)11-4-2-3-8-33(57)45-29-7-5-6-21-17-54(37(60)35(21)29)32-9-10-34(58)47-36(32)59/h5-7,12-16,19,32H,2-4,8-11,17-18,20H2,1H3,(H,45,57)(H,46,48,61)(H,47,58,59). The summed E-state index contributed by atoms with van der Waals surface area (Å²) < 4.78 is 47.6. The van der Waals surface area contributed by atoms with Crippen molar-refractivity contribution in [3.05, 3.63) is 121 Å². The van der Waals surface area contributed by atoms with Gasteiger partial charge in [-0.15, -0.1) is 5.10 Å². The van der Waals surface area contributed by atoms with Crippen LogP contribution < -0.4 is 27.3 Å². The number of hydrogen-bond acceptors (Lipinski definition) is 11. The lowest BCUT2D eigenvalue weighted by atomic mass is 10.0. The van der Waals surface area contributed by atoms with Crippen LogP contribution in [-0.4, -0.2) is 73.5 Å². The predicted octanol–water partition coefficient (Wildman–Crippen LogP) is 3.75. The summed E-state index contributed by atoms with van der Waals surface area (Å²) in [6.45, 7) is -0.469. The number of halogens is 4. The highest BCUT2D eigenvalue weighted by atomic mass is 35.5. The fourth-order valence-corrected chi connectivity index (χ4v) is 7.70. The molecule has 0 saturated carbocycles. The van der Waals surface area contributed by atoms with Crippen LogP contribution in [0.3, 0.4) is 0 Å². The second-order valence-electron chi connectivity index (χ2n) is 14.9. The van der Waals surface area contributed by atoms with Gasteiger partial charge in [-0.25, -0.2) is 27.3 Å². The Hall–Kier alpha value is -7.16. The van der Waals surface area contributed by atoms with E-state index in [2.05, 4.69) is 36.3 Å². The fraction of sp³-hybridized carbons (Fsp3) is 0.300. The maximum absolute atomic E-state index is 14.9. The van der Waals surface area contributed by atoms with E-state index >= 15 is 0 Å². The molecule has 1 fully saturated rings. The van der Waals surface area contributed by atoms with Crippen LogP contribution in [0.5, 0.6) is 0 Å². The summed E-state index contributed by atoms with van der Waals surface area (Å²) >= 11 is 6.48. The molecule has 1 saturated heterocycles. The van der Waals surface area contributed by atoms with Crippen LogP contribution in [0.2, 0.25) is 5.02 Å². The smallest absolute Gasteiger partial charge is 0.325 e. The molecule has 5 heterocycles. The molecule has 3 aromatic carbocycles. The Balaban J connectivity index is 0.900. The van der Waals surface area contributed by atoms with Crippen molar-refractivity contribution in [3.8, 4) is 0 Å². The molecule has 1 unspecified atom stereocenters. The first-order chi connectivity index (χ1) is 29.7. The Morgan fingerprint density at radius 1 is 0.935 bits per heavy atom. The van der Waals surface area contributed by atoms with Crippen molar-refractivity contribution in [2.24, 2.45) is 7.05 Å². The van der Waals surface area contributed by atoms with Crippen LogP contribution in [0.4, 0.5) is 30.5 Å². The van der Waals surface area contributed by atoms with E-state index in [0.29, 0.717) is 65.7 Å². The first-order valence-electron chi connectivity index (χ1n) is 19.4. The number of carbonyl (C=O) groups is 4. The molecule has 2 aliphatic heterocycles. The molecular weight excluding hydrogens is 837 g/mol. The molecule has 22 heteroatoms. The van der Waals surface area contributed by atoms with Gasteiger partial charge in [0, 0.05) is 56.2 Å². The van der Waals surface area contributed by atoms with E-state index < -0.39 is 58.8 Å². The topological polar surface area (TPSA) is 213 Å². The van der Waals surface area contributed by atoms with Crippen molar-refractivity contribution in [2.45, 2.75) is 70.7 Å². The summed E-state index contributed by atoms with van der Waals surface area (Å²) in [5.74, 6) is -5.83. The number of nitrogens with zero attached hydrogens (tertiary/aromatic N) is 9. The molecule has 62 heavy (non-hydrogen) atoms. The van der Waals surface area contributed by atoms with E-state index in [4.69, 9.17) is 11.6 Å². The van der Waals surface area contributed by atoms with E-state index in [1.807, 2.05) is 0 Å². The molecule has 2 aliphatic rings. The number of aryl methyl sites for hydroxylation is 2. The largest absolute Gasteiger partial charge is 0.355 e. The van der Waals surface area contributed by atoms with Crippen LogP contribution in [0, 0.1) is 17.5 Å². The molecule has 8 rings (SSSR count). The number of imide groups is 1. The van der Waals surface area contributed by atoms with Gasteiger partial charge >= 0.3 is 11.4 Å². The third-order valence-electron chi connectivity index (χ3n) is 10.5. The summed E-state index contributed by atoms with van der Waals surface area (Å²) in [5.41, 5.74) is -0.0207. The van der Waals surface area contributed by atoms with Gasteiger partial charge in [-0.3, -0.25) is 38.4 Å². The van der Waals surface area contributed by atoms with Crippen LogP contribution in [0.25, 0.3) is 10.9 Å². The Morgan fingerprint density at radius 3 is 2.55 bits per heavy atom. The summed E-state index contributed by atoms with van der Waals surface area (Å²) in [7, 11) is 1.71. The number of piperidine rings is 1. The number of benzene rings is 3. The van der Waals surface area contributed by atoms with Gasteiger partial charge in [-0.1, -0.05) is 35.4 Å². The number of aromatic nitrogens is 8. The minimum absolute atomic E-state index is 0.131. The Kier molecular flexibility index (Phi) is 11.4. The van der Waals surface area contributed by atoms with Gasteiger partial charge in [0.25, 0.3) is 5.91 Å². The molecule has 0 spiro atoms. The van der Waals surface area contributed by atoms with Crippen LogP contribution in [-0.2, 0) is 47.6 Å². The van der Waals surface area contributed by atoms with Crippen molar-refractivity contribution in [1.82, 2.24) is 49.1 Å². The number of nitrogens with one attached hydrogen (secondary N) is 3. The van der Waals surface area contributed by atoms with Crippen LogP contribution in [0.1, 0.15) is 65.7 Å². The maximum Gasteiger partial charge on any atom is 0.355 e. The second-order valence-corrected chi connectivity index (χ2v) is 15.3. The molecule has 0 aliphatic carbocycles. The van der Waals surface area contributed by atoms with E-state index in [1.165, 1.54) is 15.8 Å². The summed E-state index contributed by atoms with van der Waals surface area (Å²) in [6, 6.07) is 8.46. The lowest BCUT2D eigenvalue weighted by Crippen LogP contribution is -2.52. The maximum atomic E-state index is 14.9. The molecule has 3 N–H and O–H groups in total. The van der Waals surface area contributed by atoms with Gasteiger partial charge in [-0.2, -0.15) is 10.1 Å². The lowest BCUT2D eigenvalue weighted by molar-refractivity contribution is -0.137. The molecule has 320 valence electrons. The van der Waals surface area contributed by atoms with E-state index in [9.17, 15) is 41.9 Å². The quantitative estimate of drug-likeness (QED) is 0.0815. The number of anilines is 3. The summed E-state index contributed by atoms with van der Waals surface area (Å²) in [4.78, 5) is 83.1. The van der Waals surface area contributed by atoms with Crippen molar-refractivity contribution < 1.29 is 32.3 Å². The SMILES string of the molecule is Cn1cc2cc(Nc3nc(=O)n(Cc4cn(CCCCCC(=O)Nc5cccc6c5C(=O)N(C5CCC(=O)NC5=O)C6)nn4)c(=O)n3Cc3cc(F)c(F)cc3F)c(Cl)cc2n1. The average molecular weight is 873 g/mol. The van der Waals surface area contributed by atoms with Gasteiger partial charge in [0.05, 0.1) is 46.8 Å². The summed E-state index contributed by atoms with van der Waals surface area (Å²) in [5, 5.41) is 21.2. The predicted molar refractivity (Wildman–Crippen MR) is 216 cm³/mol. The number of carbonyl (C=O) groups excluding carboxylic acids is 4. The molecule has 0 radical (unpaired) electrons. The Labute approximate surface area is 353 Å². The fourth-order valence-electron chi connectivity index (χ4n) is 7.49. The zero-order chi connectivity index (χ0) is 43.8. The minimum atomic E-state index is -1.42. The second kappa shape index (κ2) is 17.1. The Morgan fingerprint density at radius 2 is 1.74 bits per heavy atom. The van der Waals surface area contributed by atoms with Crippen molar-refractivity contribution in [3.63, 3.8) is 0 Å². The van der Waals surface area contributed by atoms with Crippen molar-refractivity contribution in [1.29, 1.82) is 0 Å². The third-order valence-corrected chi connectivity index (χ3v) is 10.9. The van der Waals surface area contributed by atoms with Crippen molar-refractivity contribution in [2.75, 3.05) is 10.6 Å². The van der Waals surface area contributed by atoms with Gasteiger partial charge < -0.3 is 15.5 Å². The van der Waals surface area contributed by atoms with Gasteiger partial charge in [0.1, 0.15) is 17.6 Å². The number of amides is 4. The molecular formula is C40H36ClF3N12O6. The number of rotatable bonds is 14. The monoisotopic (exact) mass is 872 g/mol. The van der Waals surface area contributed by atoms with E-state index in [1.54, 1.807) is 48.3 Å². The molecule has 3 aromatic heterocycles. The van der Waals surface area contributed by atoms with E-state index in [-0.39, 0.29) is 66.5 Å². The molecule has 6 aromatic rings. The van der Waals surface area contributed by atoms with Crippen LogP contribution in [0.15, 0.2) is 64.4 Å². The minimum Gasteiger partial charge on any atom is -0.325 e. The first-order valence-corrected chi connectivity index (χ1v) is 19.8. The van der Waals surface area contributed by atoms with Gasteiger partial charge in [0.15, 0.2) is 11.6 Å². The van der Waals surface area contributed by atoms with Crippen molar-refractivity contribution >= 4 is 63.5 Å². The van der Waals surface area contributed by atoms with Gasteiger partial charge in [-0.05, 0) is 49.1 Å². The van der Waals surface area contributed by atoms with Crippen LogP contribution >= 0.6 is 11.6 Å². The zero-order valence-corrected chi connectivity index (χ0v) is 33.6. The first kappa shape index (κ1) is 41.6.